The molecular formula is C40H27N5Pt. The standard InChI is InChI=1S/C40H27N5.Pt/c1-43-35-20-9-7-18-33(35)41-39(43)27-14-10-15-29(24-27)45-34-19-8-6-16-31(34)32-23-22-28(25-37(32)45)40-42-38-30(26-12-4-3-5-13-26)17-11-21-36(38)44(40)2;/h3-23H,1-2H3;/q-2;+2. The smallest absolute Gasteiger partial charge is 0.367 e. The van der Waals surface area contributed by atoms with Gasteiger partial charge in [-0.3, -0.25) is 9.97 Å². The minimum atomic E-state index is 0. The number of aromatic nitrogens is 5. The Labute approximate surface area is 280 Å². The Balaban J connectivity index is 0.00000312. The third-order valence-electron chi connectivity index (χ3n) is 8.87. The molecule has 0 radical (unpaired) electrons. The van der Waals surface area contributed by atoms with Gasteiger partial charge in [-0.25, -0.2) is 0 Å². The zero-order valence-electron chi connectivity index (χ0n) is 25.2. The van der Waals surface area contributed by atoms with Crippen molar-refractivity contribution in [1.29, 1.82) is 0 Å². The minimum Gasteiger partial charge on any atom is -0.367 e. The van der Waals surface area contributed by atoms with E-state index in [-0.39, 0.29) is 21.1 Å². The molecule has 0 saturated carbocycles. The summed E-state index contributed by atoms with van der Waals surface area (Å²) in [6.45, 7) is 0. The van der Waals surface area contributed by atoms with E-state index in [9.17, 15) is 0 Å². The molecule has 46 heavy (non-hydrogen) atoms. The molecule has 0 aliphatic carbocycles. The molecule has 0 fully saturated rings. The Kier molecular flexibility index (Phi) is 6.74. The van der Waals surface area contributed by atoms with Crippen LogP contribution in [-0.2, 0) is 35.2 Å². The van der Waals surface area contributed by atoms with Gasteiger partial charge in [0.25, 0.3) is 0 Å². The first-order valence-corrected chi connectivity index (χ1v) is 15.1. The van der Waals surface area contributed by atoms with E-state index >= 15 is 0 Å². The van der Waals surface area contributed by atoms with Crippen LogP contribution < -0.4 is 0 Å². The fourth-order valence-corrected chi connectivity index (χ4v) is 6.68. The van der Waals surface area contributed by atoms with Crippen LogP contribution in [-0.4, -0.2) is 23.7 Å². The van der Waals surface area contributed by atoms with Crippen molar-refractivity contribution in [3.05, 3.63) is 140 Å². The van der Waals surface area contributed by atoms with Gasteiger partial charge in [0.2, 0.25) is 0 Å². The summed E-state index contributed by atoms with van der Waals surface area (Å²) in [5.74, 6) is 1.77. The fourth-order valence-electron chi connectivity index (χ4n) is 6.68. The maximum absolute atomic E-state index is 5.21. The van der Waals surface area contributed by atoms with Gasteiger partial charge < -0.3 is 13.7 Å². The maximum atomic E-state index is 5.21. The SMILES string of the molecule is Cn1c(-c2[c-]c(-n3c4[c-]c(-c5nc6c(-c7ccccc7)cccc6n5C)ccc4c4ccccc43)ccc2)nc2ccccc21.[Pt+2]. The summed E-state index contributed by atoms with van der Waals surface area (Å²) < 4.78 is 6.57. The van der Waals surface area contributed by atoms with Crippen molar-refractivity contribution in [2.75, 3.05) is 0 Å². The zero-order valence-corrected chi connectivity index (χ0v) is 27.4. The summed E-state index contributed by atoms with van der Waals surface area (Å²) >= 11 is 0. The number of benzene rings is 6. The van der Waals surface area contributed by atoms with Crippen LogP contribution >= 0.6 is 0 Å². The second-order valence-corrected chi connectivity index (χ2v) is 11.5. The molecule has 0 atom stereocenters. The number of para-hydroxylation sites is 4. The second-order valence-electron chi connectivity index (χ2n) is 11.5. The molecule has 0 bridgehead atoms. The van der Waals surface area contributed by atoms with Gasteiger partial charge in [0.15, 0.2) is 0 Å². The van der Waals surface area contributed by atoms with E-state index in [2.05, 4.69) is 149 Å². The first kappa shape index (κ1) is 28.2. The molecule has 0 spiro atoms. The van der Waals surface area contributed by atoms with Gasteiger partial charge in [-0.2, -0.15) is 0 Å². The Morgan fingerprint density at radius 3 is 2.04 bits per heavy atom. The van der Waals surface area contributed by atoms with Crippen LogP contribution in [0.1, 0.15) is 0 Å². The Bertz CT molecular complexity index is 2570. The molecule has 222 valence electrons. The molecule has 0 N–H and O–H groups in total. The number of hydrogen-bond acceptors (Lipinski definition) is 2. The zero-order chi connectivity index (χ0) is 30.1. The average Bonchev–Trinajstić information content (AvgIpc) is 3.74. The fraction of sp³-hybridized carbons (Fsp3) is 0.0500. The number of fused-ring (bicyclic) bond motifs is 5. The van der Waals surface area contributed by atoms with E-state index in [1.807, 2.05) is 18.2 Å². The third kappa shape index (κ3) is 4.27. The summed E-state index contributed by atoms with van der Waals surface area (Å²) in [4.78, 5) is 10.2. The van der Waals surface area contributed by atoms with Crippen molar-refractivity contribution in [2.24, 2.45) is 14.1 Å². The molecule has 5 nitrogen and oxygen atoms in total. The Morgan fingerprint density at radius 1 is 0.522 bits per heavy atom. The van der Waals surface area contributed by atoms with E-state index in [0.29, 0.717) is 0 Å². The third-order valence-corrected chi connectivity index (χ3v) is 8.87. The first-order chi connectivity index (χ1) is 22.2. The number of nitrogens with zero attached hydrogens (tertiary/aromatic N) is 5. The molecule has 0 aliphatic rings. The van der Waals surface area contributed by atoms with Crippen LogP contribution in [0.3, 0.4) is 0 Å². The van der Waals surface area contributed by atoms with Crippen LogP contribution in [0, 0.1) is 12.1 Å². The number of rotatable bonds is 4. The van der Waals surface area contributed by atoms with Crippen LogP contribution in [0.4, 0.5) is 0 Å². The summed E-state index contributed by atoms with van der Waals surface area (Å²) in [6, 6.07) is 51.7. The van der Waals surface area contributed by atoms with E-state index < -0.39 is 0 Å². The predicted octanol–water partition coefficient (Wildman–Crippen LogP) is 9.16. The molecule has 6 aromatic carbocycles. The predicted molar refractivity (Wildman–Crippen MR) is 183 cm³/mol. The van der Waals surface area contributed by atoms with Crippen molar-refractivity contribution in [3.63, 3.8) is 0 Å². The van der Waals surface area contributed by atoms with E-state index in [1.165, 1.54) is 5.39 Å². The maximum Gasteiger partial charge on any atom is 2.00 e. The number of aryl methyl sites for hydroxylation is 2. The van der Waals surface area contributed by atoms with Crippen LogP contribution in [0.25, 0.3) is 83.5 Å². The van der Waals surface area contributed by atoms with Crippen molar-refractivity contribution in [2.45, 2.75) is 0 Å². The van der Waals surface area contributed by atoms with E-state index in [1.54, 1.807) is 0 Å². The molecule has 9 rings (SSSR count). The van der Waals surface area contributed by atoms with Crippen molar-refractivity contribution >= 4 is 43.9 Å². The molecule has 0 saturated heterocycles. The number of imidazole rings is 2. The van der Waals surface area contributed by atoms with Gasteiger partial charge in [0.05, 0.1) is 33.7 Å². The molecule has 3 aromatic heterocycles. The van der Waals surface area contributed by atoms with Crippen LogP contribution in [0.15, 0.2) is 127 Å². The first-order valence-electron chi connectivity index (χ1n) is 15.1. The van der Waals surface area contributed by atoms with Crippen molar-refractivity contribution < 1.29 is 21.1 Å². The molecule has 0 amide bonds. The molecule has 9 aromatic rings. The van der Waals surface area contributed by atoms with Gasteiger partial charge >= 0.3 is 21.1 Å². The van der Waals surface area contributed by atoms with E-state index in [0.717, 1.165) is 78.1 Å². The average molecular weight is 773 g/mol. The molecule has 6 heteroatoms. The van der Waals surface area contributed by atoms with Gasteiger partial charge in [-0.15, -0.1) is 53.6 Å². The summed E-state index contributed by atoms with van der Waals surface area (Å²) in [6.07, 6.45) is 0. The number of hydrogen-bond donors (Lipinski definition) is 0. The Hall–Kier alpha value is -5.25. The topological polar surface area (TPSA) is 40.6 Å². The summed E-state index contributed by atoms with van der Waals surface area (Å²) in [5, 5.41) is 2.31. The van der Waals surface area contributed by atoms with Gasteiger partial charge in [0.1, 0.15) is 0 Å². The van der Waals surface area contributed by atoms with E-state index in [4.69, 9.17) is 9.97 Å². The summed E-state index contributed by atoms with van der Waals surface area (Å²) in [5.41, 5.74) is 11.3. The molecule has 0 unspecified atom stereocenters. The van der Waals surface area contributed by atoms with Crippen LogP contribution in [0.2, 0.25) is 0 Å². The van der Waals surface area contributed by atoms with Gasteiger partial charge in [-0.05, 0) is 46.4 Å². The van der Waals surface area contributed by atoms with Crippen LogP contribution in [0.5, 0.6) is 0 Å². The monoisotopic (exact) mass is 772 g/mol. The van der Waals surface area contributed by atoms with Crippen molar-refractivity contribution in [3.8, 4) is 39.6 Å². The molecule has 0 aliphatic heterocycles. The minimum absolute atomic E-state index is 0. The normalized spacial score (nSPS) is 11.5. The largest absolute Gasteiger partial charge is 2.00 e. The van der Waals surface area contributed by atoms with Gasteiger partial charge in [-0.1, -0.05) is 78.2 Å². The Morgan fingerprint density at radius 2 is 1.20 bits per heavy atom. The second kappa shape index (κ2) is 11.0. The summed E-state index contributed by atoms with van der Waals surface area (Å²) in [7, 11) is 4.15. The quantitative estimate of drug-likeness (QED) is 0.168. The van der Waals surface area contributed by atoms with Gasteiger partial charge in [0, 0.05) is 25.2 Å². The van der Waals surface area contributed by atoms with Crippen molar-refractivity contribution in [1.82, 2.24) is 23.7 Å². The molecule has 3 heterocycles. The molecular weight excluding hydrogens is 746 g/mol.